The molecule has 0 aromatic heterocycles. The molecule has 0 atom stereocenters. The minimum atomic E-state index is -2.35. The molecule has 0 heterocycles. The molecule has 6 heteroatoms. The standard InChI is InChI=1S/C25H54F2P2.2BrH/c1-7-13-19-28(20-14-8-2,21-15-9-3)25(26,27)29(22-16-10-4,23-17-11-5)24-18-12-6;;/h7-24H2,1-6H3;2*1H/q+2;;/p-2. The Morgan fingerprint density at radius 1 is 0.419 bits per heavy atom. The third-order valence-electron chi connectivity index (χ3n) is 6.78. The second-order valence-corrected chi connectivity index (χ2v) is 18.0. The molecule has 0 bridgehead atoms. The third kappa shape index (κ3) is 11.3. The molecule has 0 aliphatic heterocycles. The van der Waals surface area contributed by atoms with Crippen LogP contribution in [0.2, 0.25) is 0 Å². The van der Waals surface area contributed by atoms with Crippen molar-refractivity contribution in [3.05, 3.63) is 0 Å². The SMILES string of the molecule is CCCC[P+](CCCC)(CCCC)C(F)(F)[P+](CCCC)(CCCC)CCCC.[Br-].[Br-]. The van der Waals surface area contributed by atoms with Gasteiger partial charge >= 0.3 is 5.40 Å². The molecule has 0 aromatic carbocycles. The zero-order valence-corrected chi connectivity index (χ0v) is 26.6. The number of unbranched alkanes of at least 4 members (excludes halogenated alkanes) is 6. The Morgan fingerprint density at radius 3 is 0.710 bits per heavy atom. The molecule has 0 aliphatic carbocycles. The summed E-state index contributed by atoms with van der Waals surface area (Å²) in [5.74, 6) is 0. The molecular weight excluding hydrogens is 560 g/mol. The first-order chi connectivity index (χ1) is 13.9. The summed E-state index contributed by atoms with van der Waals surface area (Å²) in [7, 11) is -4.55. The van der Waals surface area contributed by atoms with E-state index in [1.807, 2.05) is 0 Å². The molecule has 0 aromatic rings. The third-order valence-corrected chi connectivity index (χ3v) is 18.6. The summed E-state index contributed by atoms with van der Waals surface area (Å²) in [6.07, 6.45) is 17.5. The predicted molar refractivity (Wildman–Crippen MR) is 137 cm³/mol. The van der Waals surface area contributed by atoms with E-state index in [4.69, 9.17) is 0 Å². The van der Waals surface area contributed by atoms with E-state index in [1.165, 1.54) is 0 Å². The Balaban J connectivity index is -0.00000392. The molecule has 0 unspecified atom stereocenters. The molecule has 0 rings (SSSR count). The Morgan fingerprint density at radius 2 is 0.581 bits per heavy atom. The Kier molecular flexibility index (Phi) is 25.2. The van der Waals surface area contributed by atoms with E-state index in [9.17, 15) is 0 Å². The van der Waals surface area contributed by atoms with Crippen LogP contribution in [0.5, 0.6) is 0 Å². The second-order valence-electron chi connectivity index (χ2n) is 9.26. The lowest BCUT2D eigenvalue weighted by Crippen LogP contribution is -3.00. The highest BCUT2D eigenvalue weighted by Gasteiger charge is 2.74. The highest BCUT2D eigenvalue weighted by atomic mass is 79.9. The highest BCUT2D eigenvalue weighted by Crippen LogP contribution is 2.89. The fourth-order valence-corrected chi connectivity index (χ4v) is 18.6. The monoisotopic (exact) mass is 612 g/mol. The van der Waals surface area contributed by atoms with Gasteiger partial charge in [0.1, 0.15) is 14.5 Å². The maximum absolute atomic E-state index is 17.1. The van der Waals surface area contributed by atoms with Crippen LogP contribution in [0.1, 0.15) is 119 Å². The van der Waals surface area contributed by atoms with Gasteiger partial charge in [-0.25, -0.2) is 0 Å². The zero-order valence-electron chi connectivity index (χ0n) is 21.6. The maximum atomic E-state index is 17.1. The predicted octanol–water partition coefficient (Wildman–Crippen LogP) is 4.38. The average molecular weight is 614 g/mol. The van der Waals surface area contributed by atoms with Gasteiger partial charge in [-0.3, -0.25) is 0 Å². The van der Waals surface area contributed by atoms with Crippen molar-refractivity contribution < 1.29 is 42.7 Å². The molecule has 0 nitrogen and oxygen atoms in total. The summed E-state index contributed by atoms with van der Waals surface area (Å²) in [6.45, 7) is 13.1. The van der Waals surface area contributed by atoms with Crippen molar-refractivity contribution in [2.24, 2.45) is 0 Å². The molecule has 0 saturated heterocycles. The van der Waals surface area contributed by atoms with Gasteiger partial charge < -0.3 is 34.0 Å². The van der Waals surface area contributed by atoms with E-state index >= 15 is 8.78 Å². The van der Waals surface area contributed by atoms with Gasteiger partial charge in [-0.1, -0.05) is 80.1 Å². The van der Waals surface area contributed by atoms with Crippen molar-refractivity contribution in [3.63, 3.8) is 0 Å². The van der Waals surface area contributed by atoms with Gasteiger partial charge in [0.15, 0.2) is 0 Å². The van der Waals surface area contributed by atoms with Gasteiger partial charge in [-0.15, -0.1) is 8.78 Å². The quantitative estimate of drug-likeness (QED) is 0.179. The normalized spacial score (nSPS) is 12.4. The van der Waals surface area contributed by atoms with Crippen LogP contribution >= 0.6 is 14.5 Å². The van der Waals surface area contributed by atoms with Gasteiger partial charge in [0.25, 0.3) is 0 Å². The molecule has 0 aliphatic rings. The number of alkyl halides is 2. The van der Waals surface area contributed by atoms with Crippen LogP contribution in [0.25, 0.3) is 0 Å². The Hall–Kier alpha value is 1.68. The molecule has 0 N–H and O–H groups in total. The molecule has 0 amide bonds. The van der Waals surface area contributed by atoms with Crippen molar-refractivity contribution in [3.8, 4) is 0 Å². The van der Waals surface area contributed by atoms with Crippen LogP contribution in [-0.2, 0) is 0 Å². The summed E-state index contributed by atoms with van der Waals surface area (Å²) in [5, 5.41) is -2.35. The number of hydrogen-bond donors (Lipinski definition) is 0. The highest BCUT2D eigenvalue weighted by molar-refractivity contribution is 7.93. The zero-order chi connectivity index (χ0) is 22.2. The molecule has 0 saturated carbocycles. The first-order valence-corrected chi connectivity index (χ1v) is 17.7. The first-order valence-electron chi connectivity index (χ1n) is 13.0. The Bertz CT molecular complexity index is 318. The molecule has 0 fully saturated rings. The first kappa shape index (κ1) is 37.2. The van der Waals surface area contributed by atoms with Crippen LogP contribution in [0.15, 0.2) is 0 Å². The van der Waals surface area contributed by atoms with Crippen LogP contribution in [0.4, 0.5) is 8.78 Å². The lowest BCUT2D eigenvalue weighted by Gasteiger charge is -2.41. The van der Waals surface area contributed by atoms with Crippen molar-refractivity contribution in [1.82, 2.24) is 0 Å². The van der Waals surface area contributed by atoms with Crippen molar-refractivity contribution in [2.75, 3.05) is 37.0 Å². The number of halogens is 4. The minimum absolute atomic E-state index is 0. The Labute approximate surface area is 217 Å². The lowest BCUT2D eigenvalue weighted by molar-refractivity contribution is -0.00100. The molecule has 31 heavy (non-hydrogen) atoms. The van der Waals surface area contributed by atoms with Crippen LogP contribution in [0.3, 0.4) is 0 Å². The number of rotatable bonds is 20. The number of hydrogen-bond acceptors (Lipinski definition) is 0. The summed E-state index contributed by atoms with van der Waals surface area (Å²) in [6, 6.07) is 0. The van der Waals surface area contributed by atoms with Crippen molar-refractivity contribution >= 4 is 14.5 Å². The maximum Gasteiger partial charge on any atom is 0.454 e. The van der Waals surface area contributed by atoms with Crippen molar-refractivity contribution in [2.45, 2.75) is 124 Å². The summed E-state index contributed by atoms with van der Waals surface area (Å²) >= 11 is 0. The van der Waals surface area contributed by atoms with Gasteiger partial charge in [-0.2, -0.15) is 0 Å². The van der Waals surface area contributed by atoms with Crippen LogP contribution < -0.4 is 34.0 Å². The smallest absolute Gasteiger partial charge is 0.454 e. The molecule has 0 spiro atoms. The van der Waals surface area contributed by atoms with E-state index in [0.717, 1.165) is 114 Å². The lowest BCUT2D eigenvalue weighted by atomic mass is 10.4. The second kappa shape index (κ2) is 21.0. The van der Waals surface area contributed by atoms with Crippen LogP contribution in [0, 0.1) is 0 Å². The minimum Gasteiger partial charge on any atom is -1.00 e. The van der Waals surface area contributed by atoms with Gasteiger partial charge in [0.05, 0.1) is 37.0 Å². The van der Waals surface area contributed by atoms with E-state index in [-0.39, 0.29) is 34.0 Å². The fourth-order valence-electron chi connectivity index (χ4n) is 4.69. The van der Waals surface area contributed by atoms with Crippen molar-refractivity contribution in [1.29, 1.82) is 0 Å². The average Bonchev–Trinajstić information content (AvgIpc) is 2.72. The van der Waals surface area contributed by atoms with Gasteiger partial charge in [0, 0.05) is 0 Å². The largest absolute Gasteiger partial charge is 1.00 e. The topological polar surface area (TPSA) is 0 Å². The molecular formula is C25H54Br2F2P2. The van der Waals surface area contributed by atoms with E-state index in [0.29, 0.717) is 0 Å². The molecule has 0 radical (unpaired) electrons. The fraction of sp³-hybridized carbons (Fsp3) is 1.00. The summed E-state index contributed by atoms with van der Waals surface area (Å²) in [4.78, 5) is 0. The van der Waals surface area contributed by atoms with E-state index in [1.54, 1.807) is 0 Å². The summed E-state index contributed by atoms with van der Waals surface area (Å²) in [5.41, 5.74) is 0. The summed E-state index contributed by atoms with van der Waals surface area (Å²) < 4.78 is 34.2. The van der Waals surface area contributed by atoms with Gasteiger partial charge in [-0.05, 0) is 38.5 Å². The van der Waals surface area contributed by atoms with Crippen LogP contribution in [-0.4, -0.2) is 42.4 Å². The van der Waals surface area contributed by atoms with Gasteiger partial charge in [0.2, 0.25) is 0 Å². The van der Waals surface area contributed by atoms with E-state index in [2.05, 4.69) is 41.5 Å². The molecule has 192 valence electrons. The van der Waals surface area contributed by atoms with E-state index < -0.39 is 19.9 Å².